The van der Waals surface area contributed by atoms with Crippen molar-refractivity contribution in [2.75, 3.05) is 0 Å². The predicted octanol–water partition coefficient (Wildman–Crippen LogP) is 7.85. The SMILES string of the molecule is CC(C)c1ccc2[nH]c(=O)c(CN(Cc3ccc(C(C)(C)C)cc3)C(C)c3ccc(F)cc3)cc2c1. The molecule has 3 nitrogen and oxygen atoms in total. The van der Waals surface area contributed by atoms with Gasteiger partial charge in [-0.3, -0.25) is 9.69 Å². The van der Waals surface area contributed by atoms with E-state index in [0.717, 1.165) is 22.0 Å². The number of aromatic amines is 1. The lowest BCUT2D eigenvalue weighted by atomic mass is 9.86. The highest BCUT2D eigenvalue weighted by Gasteiger charge is 2.20. The molecule has 0 fully saturated rings. The van der Waals surface area contributed by atoms with Gasteiger partial charge in [-0.05, 0) is 76.2 Å². The van der Waals surface area contributed by atoms with Gasteiger partial charge in [0, 0.05) is 30.2 Å². The van der Waals surface area contributed by atoms with Crippen molar-refractivity contribution < 1.29 is 4.39 Å². The highest BCUT2D eigenvalue weighted by molar-refractivity contribution is 5.79. The molecule has 0 amide bonds. The summed E-state index contributed by atoms with van der Waals surface area (Å²) in [5.41, 5.74) is 6.32. The number of hydrogen-bond donors (Lipinski definition) is 1. The number of fused-ring (bicyclic) bond motifs is 1. The quantitative estimate of drug-likeness (QED) is 0.290. The molecular weight excluding hydrogens is 447 g/mol. The molecule has 0 aliphatic rings. The molecule has 1 heterocycles. The van der Waals surface area contributed by atoms with Crippen molar-refractivity contribution in [3.8, 4) is 0 Å². The molecule has 188 valence electrons. The van der Waals surface area contributed by atoms with Gasteiger partial charge in [-0.1, -0.05) is 77.1 Å². The monoisotopic (exact) mass is 484 g/mol. The van der Waals surface area contributed by atoms with E-state index in [-0.39, 0.29) is 22.8 Å². The molecule has 1 atom stereocenters. The molecule has 0 spiro atoms. The Bertz CT molecular complexity index is 1380. The fraction of sp³-hybridized carbons (Fsp3) is 0.344. The predicted molar refractivity (Wildman–Crippen MR) is 148 cm³/mol. The van der Waals surface area contributed by atoms with Crippen LogP contribution in [0.3, 0.4) is 0 Å². The minimum atomic E-state index is -0.248. The second-order valence-corrected chi connectivity index (χ2v) is 11.2. The zero-order valence-electron chi connectivity index (χ0n) is 22.2. The van der Waals surface area contributed by atoms with Crippen LogP contribution < -0.4 is 5.56 Å². The summed E-state index contributed by atoms with van der Waals surface area (Å²) in [7, 11) is 0. The molecule has 1 aromatic heterocycles. The van der Waals surface area contributed by atoms with E-state index >= 15 is 0 Å². The number of H-pyrrole nitrogens is 1. The minimum absolute atomic E-state index is 0.00927. The van der Waals surface area contributed by atoms with Crippen molar-refractivity contribution in [1.82, 2.24) is 9.88 Å². The number of aromatic nitrogens is 1. The number of hydrogen-bond acceptors (Lipinski definition) is 2. The summed E-state index contributed by atoms with van der Waals surface area (Å²) in [4.78, 5) is 18.4. The Morgan fingerprint density at radius 2 is 1.47 bits per heavy atom. The van der Waals surface area contributed by atoms with Crippen molar-refractivity contribution >= 4 is 10.9 Å². The Morgan fingerprint density at radius 1 is 0.833 bits per heavy atom. The molecule has 0 saturated carbocycles. The lowest BCUT2D eigenvalue weighted by Crippen LogP contribution is -2.29. The number of nitrogens with zero attached hydrogens (tertiary/aromatic N) is 1. The highest BCUT2D eigenvalue weighted by atomic mass is 19.1. The number of benzene rings is 3. The molecule has 0 saturated heterocycles. The third-order valence-electron chi connectivity index (χ3n) is 7.09. The molecule has 36 heavy (non-hydrogen) atoms. The van der Waals surface area contributed by atoms with E-state index < -0.39 is 0 Å². The van der Waals surface area contributed by atoms with Crippen LogP contribution >= 0.6 is 0 Å². The Labute approximate surface area is 214 Å². The van der Waals surface area contributed by atoms with Gasteiger partial charge in [0.1, 0.15) is 5.82 Å². The number of rotatable bonds is 7. The first-order valence-corrected chi connectivity index (χ1v) is 12.8. The molecule has 4 rings (SSSR count). The maximum Gasteiger partial charge on any atom is 0.252 e. The van der Waals surface area contributed by atoms with E-state index in [1.165, 1.54) is 28.8 Å². The molecule has 0 radical (unpaired) electrons. The van der Waals surface area contributed by atoms with Gasteiger partial charge in [-0.2, -0.15) is 0 Å². The molecule has 0 bridgehead atoms. The molecule has 1 N–H and O–H groups in total. The smallest absolute Gasteiger partial charge is 0.252 e. The highest BCUT2D eigenvalue weighted by Crippen LogP contribution is 2.27. The normalized spacial score (nSPS) is 13.0. The van der Waals surface area contributed by atoms with E-state index in [1.807, 2.05) is 24.3 Å². The summed E-state index contributed by atoms with van der Waals surface area (Å²) < 4.78 is 13.6. The van der Waals surface area contributed by atoms with E-state index in [2.05, 4.69) is 87.8 Å². The van der Waals surface area contributed by atoms with E-state index in [0.29, 0.717) is 19.0 Å². The van der Waals surface area contributed by atoms with E-state index in [9.17, 15) is 9.18 Å². The average molecular weight is 485 g/mol. The molecular formula is C32H37FN2O. The molecule has 3 aromatic carbocycles. The van der Waals surface area contributed by atoms with Gasteiger partial charge < -0.3 is 4.98 Å². The van der Waals surface area contributed by atoms with Crippen LogP contribution in [0, 0.1) is 5.82 Å². The van der Waals surface area contributed by atoms with E-state index in [1.54, 1.807) is 0 Å². The van der Waals surface area contributed by atoms with Gasteiger partial charge in [0.25, 0.3) is 5.56 Å². The Morgan fingerprint density at radius 3 is 2.08 bits per heavy atom. The largest absolute Gasteiger partial charge is 0.322 e. The first kappa shape index (κ1) is 25.8. The summed E-state index contributed by atoms with van der Waals surface area (Å²) in [6.45, 7) is 14.2. The maximum atomic E-state index is 13.6. The lowest BCUT2D eigenvalue weighted by molar-refractivity contribution is 0.191. The van der Waals surface area contributed by atoms with Crippen molar-refractivity contribution in [2.45, 2.75) is 72.0 Å². The van der Waals surface area contributed by atoms with E-state index in [4.69, 9.17) is 0 Å². The summed E-state index contributed by atoms with van der Waals surface area (Å²) in [5.74, 6) is 0.165. The Kier molecular flexibility index (Phi) is 7.46. The fourth-order valence-electron chi connectivity index (χ4n) is 4.59. The molecule has 4 aromatic rings. The van der Waals surface area contributed by atoms with Crippen LogP contribution in [-0.4, -0.2) is 9.88 Å². The van der Waals surface area contributed by atoms with Crippen LogP contribution in [0.2, 0.25) is 0 Å². The lowest BCUT2D eigenvalue weighted by Gasteiger charge is -2.30. The van der Waals surface area contributed by atoms with Gasteiger partial charge in [0.15, 0.2) is 0 Å². The summed E-state index contributed by atoms with van der Waals surface area (Å²) in [5, 5.41) is 1.04. The topological polar surface area (TPSA) is 36.1 Å². The van der Waals surface area contributed by atoms with Crippen LogP contribution in [0.5, 0.6) is 0 Å². The third-order valence-corrected chi connectivity index (χ3v) is 7.09. The molecule has 1 unspecified atom stereocenters. The minimum Gasteiger partial charge on any atom is -0.322 e. The van der Waals surface area contributed by atoms with Gasteiger partial charge in [0.05, 0.1) is 0 Å². The van der Waals surface area contributed by atoms with Crippen molar-refractivity contribution in [3.63, 3.8) is 0 Å². The van der Waals surface area contributed by atoms with Crippen LogP contribution in [0.15, 0.2) is 77.6 Å². The van der Waals surface area contributed by atoms with Crippen molar-refractivity contribution in [2.24, 2.45) is 0 Å². The summed E-state index contributed by atoms with van der Waals surface area (Å²) in [6, 6.07) is 23.6. The standard InChI is InChI=1S/C32H37FN2O/c1-21(2)25-11-16-30-26(17-25)18-27(31(36)34-30)20-35(22(3)24-9-14-29(33)15-10-24)19-23-7-12-28(13-8-23)32(4,5)6/h7-18,21-22H,19-20H2,1-6H3,(H,34,36). The van der Waals surface area contributed by atoms with Gasteiger partial charge in [0.2, 0.25) is 0 Å². The van der Waals surface area contributed by atoms with Crippen molar-refractivity contribution in [1.29, 1.82) is 0 Å². The van der Waals surface area contributed by atoms with Gasteiger partial charge >= 0.3 is 0 Å². The van der Waals surface area contributed by atoms with Crippen LogP contribution in [0.1, 0.15) is 81.3 Å². The third kappa shape index (κ3) is 5.93. The first-order valence-electron chi connectivity index (χ1n) is 12.8. The second kappa shape index (κ2) is 10.4. The number of halogens is 1. The number of pyridine rings is 1. The Balaban J connectivity index is 1.70. The fourth-order valence-corrected chi connectivity index (χ4v) is 4.59. The zero-order valence-corrected chi connectivity index (χ0v) is 22.2. The van der Waals surface area contributed by atoms with Gasteiger partial charge in [-0.15, -0.1) is 0 Å². The van der Waals surface area contributed by atoms with Crippen LogP contribution in [0.25, 0.3) is 10.9 Å². The number of nitrogens with one attached hydrogen (secondary N) is 1. The molecule has 0 aliphatic carbocycles. The Hall–Kier alpha value is -3.24. The van der Waals surface area contributed by atoms with Crippen molar-refractivity contribution in [3.05, 3.63) is 117 Å². The molecule has 0 aliphatic heterocycles. The summed E-state index contributed by atoms with van der Waals surface area (Å²) in [6.07, 6.45) is 0. The zero-order chi connectivity index (χ0) is 26.0. The molecule has 4 heteroatoms. The maximum absolute atomic E-state index is 13.6. The van der Waals surface area contributed by atoms with Gasteiger partial charge in [-0.25, -0.2) is 4.39 Å². The first-order chi connectivity index (χ1) is 17.0. The summed E-state index contributed by atoms with van der Waals surface area (Å²) >= 11 is 0. The average Bonchev–Trinajstić information content (AvgIpc) is 2.83. The van der Waals surface area contributed by atoms with Crippen LogP contribution in [-0.2, 0) is 18.5 Å². The van der Waals surface area contributed by atoms with Crippen LogP contribution in [0.4, 0.5) is 4.39 Å². The second-order valence-electron chi connectivity index (χ2n) is 11.2.